The quantitative estimate of drug-likeness (QED) is 0.562. The molecule has 1 aliphatic carbocycles. The molecule has 1 nitrogen and oxygen atoms in total. The highest BCUT2D eigenvalue weighted by molar-refractivity contribution is 5.71. The highest BCUT2D eigenvalue weighted by Gasteiger charge is 2.37. The van der Waals surface area contributed by atoms with Crippen molar-refractivity contribution in [1.29, 1.82) is 0 Å². The van der Waals surface area contributed by atoms with Crippen molar-refractivity contribution in [2.45, 2.75) is 59.3 Å². The van der Waals surface area contributed by atoms with E-state index in [0.29, 0.717) is 23.1 Å². The maximum absolute atomic E-state index is 14.7. The van der Waals surface area contributed by atoms with Gasteiger partial charge in [-0.15, -0.1) is 0 Å². The van der Waals surface area contributed by atoms with E-state index in [9.17, 15) is 4.39 Å². The topological polar surface area (TPSA) is 9.23 Å². The second kappa shape index (κ2) is 7.42. The molecule has 2 aromatic rings. The van der Waals surface area contributed by atoms with Crippen LogP contribution in [-0.4, -0.2) is 7.11 Å². The summed E-state index contributed by atoms with van der Waals surface area (Å²) in [5.41, 5.74) is 4.58. The molecule has 0 heterocycles. The third kappa shape index (κ3) is 3.79. The number of benzene rings is 2. The van der Waals surface area contributed by atoms with E-state index in [1.165, 1.54) is 36.5 Å². The number of hydrogen-bond acceptors (Lipinski definition) is 1. The Morgan fingerprint density at radius 3 is 2.50 bits per heavy atom. The summed E-state index contributed by atoms with van der Waals surface area (Å²) >= 11 is 0. The summed E-state index contributed by atoms with van der Waals surface area (Å²) < 4.78 is 20.1. The lowest BCUT2D eigenvalue weighted by Gasteiger charge is -2.30. The van der Waals surface area contributed by atoms with Crippen LogP contribution in [-0.2, 0) is 6.42 Å². The molecule has 0 bridgehead atoms. The van der Waals surface area contributed by atoms with Crippen LogP contribution in [0.2, 0.25) is 0 Å². The monoisotopic (exact) mass is 354 g/mol. The standard InChI is InChI=1S/C24H31FO/c1-16(2)13-17-8-10-19(21-15-18(26-5)9-11-23(21)25)20(14-17)22-7-6-12-24(22,3)4/h8-11,14-16,22H,6-7,12-13H2,1-5H3/t22-/m1/s1. The second-order valence-electron chi connectivity index (χ2n) is 8.80. The number of ether oxygens (including phenoxy) is 1. The SMILES string of the molecule is COc1ccc(F)c(-c2ccc(CC(C)C)cc2[C@H]2CCCC2(C)C)c1. The van der Waals surface area contributed by atoms with Gasteiger partial charge in [0.2, 0.25) is 0 Å². The van der Waals surface area contributed by atoms with Crippen LogP contribution in [0.25, 0.3) is 11.1 Å². The van der Waals surface area contributed by atoms with E-state index in [4.69, 9.17) is 4.74 Å². The van der Waals surface area contributed by atoms with E-state index in [2.05, 4.69) is 45.9 Å². The number of halogens is 1. The van der Waals surface area contributed by atoms with Crippen LogP contribution in [0, 0.1) is 17.2 Å². The van der Waals surface area contributed by atoms with Gasteiger partial charge in [0.1, 0.15) is 11.6 Å². The van der Waals surface area contributed by atoms with E-state index in [0.717, 1.165) is 12.0 Å². The summed E-state index contributed by atoms with van der Waals surface area (Å²) in [5, 5.41) is 0. The lowest BCUT2D eigenvalue weighted by molar-refractivity contribution is 0.332. The average molecular weight is 355 g/mol. The molecule has 1 atom stereocenters. The summed E-state index contributed by atoms with van der Waals surface area (Å²) in [4.78, 5) is 0. The van der Waals surface area contributed by atoms with Crippen molar-refractivity contribution in [1.82, 2.24) is 0 Å². The Labute approximate surface area is 157 Å². The molecular weight excluding hydrogens is 323 g/mol. The fraction of sp³-hybridized carbons (Fsp3) is 0.500. The van der Waals surface area contributed by atoms with Crippen molar-refractivity contribution in [2.75, 3.05) is 7.11 Å². The van der Waals surface area contributed by atoms with Crippen LogP contribution in [0.15, 0.2) is 36.4 Å². The molecule has 0 aromatic heterocycles. The highest BCUT2D eigenvalue weighted by Crippen LogP contribution is 2.51. The summed E-state index contributed by atoms with van der Waals surface area (Å²) in [5.74, 6) is 1.60. The predicted molar refractivity (Wildman–Crippen MR) is 107 cm³/mol. The molecule has 26 heavy (non-hydrogen) atoms. The van der Waals surface area contributed by atoms with Crippen molar-refractivity contribution in [2.24, 2.45) is 11.3 Å². The first kappa shape index (κ1) is 18.9. The fourth-order valence-electron chi connectivity index (χ4n) is 4.49. The zero-order valence-electron chi connectivity index (χ0n) is 16.7. The van der Waals surface area contributed by atoms with Crippen molar-refractivity contribution in [3.63, 3.8) is 0 Å². The molecule has 0 spiro atoms. The summed E-state index contributed by atoms with van der Waals surface area (Å²) in [6.45, 7) is 9.20. The Hall–Kier alpha value is -1.83. The first-order valence-electron chi connectivity index (χ1n) is 9.78. The molecule has 0 saturated heterocycles. The predicted octanol–water partition coefficient (Wildman–Crippen LogP) is 6.99. The first-order valence-corrected chi connectivity index (χ1v) is 9.78. The molecule has 0 radical (unpaired) electrons. The average Bonchev–Trinajstić information content (AvgIpc) is 2.94. The maximum atomic E-state index is 14.7. The molecule has 1 aliphatic rings. The summed E-state index contributed by atoms with van der Waals surface area (Å²) in [6, 6.07) is 11.7. The molecule has 0 aliphatic heterocycles. The minimum Gasteiger partial charge on any atom is -0.497 e. The van der Waals surface area contributed by atoms with Crippen LogP contribution in [0.1, 0.15) is 64.0 Å². The fourth-order valence-corrected chi connectivity index (χ4v) is 4.49. The van der Waals surface area contributed by atoms with E-state index in [1.807, 2.05) is 6.07 Å². The van der Waals surface area contributed by atoms with Gasteiger partial charge >= 0.3 is 0 Å². The zero-order chi connectivity index (χ0) is 18.9. The van der Waals surface area contributed by atoms with Crippen molar-refractivity contribution < 1.29 is 9.13 Å². The number of hydrogen-bond donors (Lipinski definition) is 0. The van der Waals surface area contributed by atoms with Gasteiger partial charge in [-0.2, -0.15) is 0 Å². The van der Waals surface area contributed by atoms with Gasteiger partial charge in [-0.05, 0) is 71.4 Å². The van der Waals surface area contributed by atoms with Crippen LogP contribution >= 0.6 is 0 Å². The van der Waals surface area contributed by atoms with Gasteiger partial charge in [0.15, 0.2) is 0 Å². The molecule has 1 fully saturated rings. The lowest BCUT2D eigenvalue weighted by Crippen LogP contribution is -2.16. The van der Waals surface area contributed by atoms with Gasteiger partial charge in [0.05, 0.1) is 7.11 Å². The van der Waals surface area contributed by atoms with Crippen molar-refractivity contribution in [3.8, 4) is 16.9 Å². The lowest BCUT2D eigenvalue weighted by atomic mass is 9.75. The largest absolute Gasteiger partial charge is 0.497 e. The molecular formula is C24H31FO. The molecule has 3 rings (SSSR count). The van der Waals surface area contributed by atoms with Gasteiger partial charge < -0.3 is 4.74 Å². The maximum Gasteiger partial charge on any atom is 0.131 e. The Morgan fingerprint density at radius 1 is 1.12 bits per heavy atom. The van der Waals surface area contributed by atoms with Gasteiger partial charge in [-0.25, -0.2) is 4.39 Å². The van der Waals surface area contributed by atoms with Crippen LogP contribution in [0.5, 0.6) is 5.75 Å². The van der Waals surface area contributed by atoms with Gasteiger partial charge in [-0.3, -0.25) is 0 Å². The minimum absolute atomic E-state index is 0.181. The van der Waals surface area contributed by atoms with E-state index in [-0.39, 0.29) is 11.2 Å². The van der Waals surface area contributed by atoms with Gasteiger partial charge in [0.25, 0.3) is 0 Å². The Kier molecular flexibility index (Phi) is 5.41. The minimum atomic E-state index is -0.181. The van der Waals surface area contributed by atoms with Gasteiger partial charge in [0, 0.05) is 5.56 Å². The summed E-state index contributed by atoms with van der Waals surface area (Å²) in [6.07, 6.45) is 4.70. The third-order valence-corrected chi connectivity index (χ3v) is 5.86. The summed E-state index contributed by atoms with van der Waals surface area (Å²) in [7, 11) is 1.63. The molecule has 2 heteroatoms. The highest BCUT2D eigenvalue weighted by atomic mass is 19.1. The molecule has 1 saturated carbocycles. The third-order valence-electron chi connectivity index (χ3n) is 5.86. The Bertz CT molecular complexity index is 776. The van der Waals surface area contributed by atoms with Gasteiger partial charge in [-0.1, -0.05) is 52.3 Å². The van der Waals surface area contributed by atoms with Crippen LogP contribution < -0.4 is 4.74 Å². The van der Waals surface area contributed by atoms with Crippen molar-refractivity contribution in [3.05, 3.63) is 53.3 Å². The second-order valence-corrected chi connectivity index (χ2v) is 8.80. The molecule has 2 aromatic carbocycles. The van der Waals surface area contributed by atoms with Crippen LogP contribution in [0.3, 0.4) is 0 Å². The van der Waals surface area contributed by atoms with E-state index >= 15 is 0 Å². The number of rotatable bonds is 5. The Morgan fingerprint density at radius 2 is 1.88 bits per heavy atom. The molecule has 0 unspecified atom stereocenters. The molecule has 0 amide bonds. The van der Waals surface area contributed by atoms with Crippen LogP contribution in [0.4, 0.5) is 4.39 Å². The normalized spacial score (nSPS) is 19.1. The first-order chi connectivity index (χ1) is 12.3. The number of methoxy groups -OCH3 is 1. The Balaban J connectivity index is 2.15. The van der Waals surface area contributed by atoms with E-state index in [1.54, 1.807) is 13.2 Å². The zero-order valence-corrected chi connectivity index (χ0v) is 16.7. The molecule has 140 valence electrons. The van der Waals surface area contributed by atoms with Crippen molar-refractivity contribution >= 4 is 0 Å². The smallest absolute Gasteiger partial charge is 0.131 e. The van der Waals surface area contributed by atoms with E-state index < -0.39 is 0 Å². The molecule has 0 N–H and O–H groups in total.